The molecule has 0 unspecified atom stereocenters. The minimum Gasteiger partial charge on any atom is -0.314 e. The maximum Gasteiger partial charge on any atom is 0.270 e. The zero-order valence-electron chi connectivity index (χ0n) is 18.2. The molecule has 9 nitrogen and oxygen atoms in total. The van der Waals surface area contributed by atoms with Gasteiger partial charge in [-0.2, -0.15) is 5.10 Å². The molecular weight excluding hydrogens is 536 g/mol. The highest BCUT2D eigenvalue weighted by Crippen LogP contribution is 2.30. The molecule has 11 heteroatoms. The molecule has 0 bridgehead atoms. The van der Waals surface area contributed by atoms with Gasteiger partial charge in [0.2, 0.25) is 0 Å². The summed E-state index contributed by atoms with van der Waals surface area (Å²) in [5.41, 5.74) is 7.08. The van der Waals surface area contributed by atoms with Gasteiger partial charge in [-0.15, -0.1) is 0 Å². The number of rotatable bonds is 5. The fourth-order valence-electron chi connectivity index (χ4n) is 3.86. The van der Waals surface area contributed by atoms with Crippen LogP contribution in [-0.4, -0.2) is 31.1 Å². The third-order valence-electron chi connectivity index (χ3n) is 5.52. The van der Waals surface area contributed by atoms with Crippen LogP contribution in [0.4, 0.5) is 5.69 Å². The zero-order chi connectivity index (χ0) is 24.7. The number of halogens is 2. The average molecular weight is 552 g/mol. The topological polar surface area (TPSA) is 115 Å². The predicted octanol–water partition coefficient (Wildman–Crippen LogP) is 5.60. The Morgan fingerprint density at radius 1 is 1.14 bits per heavy atom. The summed E-state index contributed by atoms with van der Waals surface area (Å²) in [7, 11) is 0. The van der Waals surface area contributed by atoms with Crippen LogP contribution in [0.1, 0.15) is 12.5 Å². The van der Waals surface area contributed by atoms with Crippen molar-refractivity contribution in [3.8, 4) is 0 Å². The third kappa shape index (κ3) is 4.33. The summed E-state index contributed by atoms with van der Waals surface area (Å²) in [5, 5.41) is 16.5. The molecule has 35 heavy (non-hydrogen) atoms. The van der Waals surface area contributed by atoms with Gasteiger partial charge in [0, 0.05) is 32.6 Å². The summed E-state index contributed by atoms with van der Waals surface area (Å²) in [5.74, 6) is -0.369. The van der Waals surface area contributed by atoms with Gasteiger partial charge in [0.1, 0.15) is 12.1 Å². The lowest BCUT2D eigenvalue weighted by atomic mass is 10.1. The SMILES string of the molecule is C/C(=N/NC(=O)Cn1c2ccc(Cl)cc2c2nc3ccccc3nc21)c1ccc([N+](=O)[O-])cc1Br. The summed E-state index contributed by atoms with van der Waals surface area (Å²) in [6.45, 7) is 1.65. The van der Waals surface area contributed by atoms with Crippen LogP contribution in [0.3, 0.4) is 0 Å². The number of benzene rings is 3. The van der Waals surface area contributed by atoms with Crippen LogP contribution in [0.15, 0.2) is 70.2 Å². The molecule has 0 atom stereocenters. The van der Waals surface area contributed by atoms with Crippen molar-refractivity contribution >= 4 is 77.9 Å². The molecule has 5 rings (SSSR count). The Morgan fingerprint density at radius 3 is 2.60 bits per heavy atom. The van der Waals surface area contributed by atoms with Gasteiger partial charge in [0.25, 0.3) is 11.6 Å². The number of nitro groups is 1. The van der Waals surface area contributed by atoms with E-state index < -0.39 is 4.92 Å². The Labute approximate surface area is 211 Å². The first-order valence-electron chi connectivity index (χ1n) is 10.4. The Balaban J connectivity index is 1.48. The van der Waals surface area contributed by atoms with Gasteiger partial charge in [0.15, 0.2) is 5.65 Å². The van der Waals surface area contributed by atoms with Crippen LogP contribution < -0.4 is 5.43 Å². The van der Waals surface area contributed by atoms with Crippen molar-refractivity contribution in [2.24, 2.45) is 5.10 Å². The number of nitrogens with one attached hydrogen (secondary N) is 1. The fourth-order valence-corrected chi connectivity index (χ4v) is 4.69. The predicted molar refractivity (Wildman–Crippen MR) is 139 cm³/mol. The van der Waals surface area contributed by atoms with Crippen LogP contribution in [0, 0.1) is 10.1 Å². The van der Waals surface area contributed by atoms with Gasteiger partial charge in [-0.05, 0) is 59.3 Å². The number of para-hydroxylation sites is 2. The highest BCUT2D eigenvalue weighted by molar-refractivity contribution is 9.10. The largest absolute Gasteiger partial charge is 0.314 e. The van der Waals surface area contributed by atoms with Crippen molar-refractivity contribution in [1.29, 1.82) is 0 Å². The quantitative estimate of drug-likeness (QED) is 0.173. The molecule has 0 aliphatic carbocycles. The molecular formula is C24H16BrClN6O3. The maximum absolute atomic E-state index is 12.9. The number of hydrazone groups is 1. The van der Waals surface area contributed by atoms with E-state index in [4.69, 9.17) is 21.6 Å². The molecule has 0 saturated carbocycles. The minimum absolute atomic E-state index is 0.0439. The summed E-state index contributed by atoms with van der Waals surface area (Å²) >= 11 is 9.56. The first kappa shape index (κ1) is 22.9. The number of aromatic nitrogens is 3. The first-order chi connectivity index (χ1) is 16.8. The second-order valence-electron chi connectivity index (χ2n) is 7.79. The van der Waals surface area contributed by atoms with Crippen LogP contribution >= 0.6 is 27.5 Å². The number of hydrogen-bond acceptors (Lipinski definition) is 6. The van der Waals surface area contributed by atoms with Gasteiger partial charge in [-0.25, -0.2) is 15.4 Å². The molecule has 1 amide bonds. The first-order valence-corrected chi connectivity index (χ1v) is 11.6. The zero-order valence-corrected chi connectivity index (χ0v) is 20.5. The number of amides is 1. The van der Waals surface area contributed by atoms with Crippen LogP contribution in [0.25, 0.3) is 33.1 Å². The van der Waals surface area contributed by atoms with E-state index in [0.717, 1.165) is 16.4 Å². The van der Waals surface area contributed by atoms with Crippen LogP contribution in [-0.2, 0) is 11.3 Å². The molecule has 2 heterocycles. The summed E-state index contributed by atoms with van der Waals surface area (Å²) < 4.78 is 2.28. The Hall–Kier alpha value is -3.89. The number of nitrogens with zero attached hydrogens (tertiary/aromatic N) is 5. The van der Waals surface area contributed by atoms with Gasteiger partial charge in [-0.1, -0.05) is 23.7 Å². The van der Waals surface area contributed by atoms with Crippen LogP contribution in [0.2, 0.25) is 5.02 Å². The lowest BCUT2D eigenvalue weighted by Gasteiger charge is -2.08. The van der Waals surface area contributed by atoms with E-state index in [1.807, 2.05) is 36.4 Å². The number of hydrogen-bond donors (Lipinski definition) is 1. The number of fused-ring (bicyclic) bond motifs is 4. The summed E-state index contributed by atoms with van der Waals surface area (Å²) in [6, 6.07) is 17.3. The number of nitro benzene ring substituents is 1. The molecule has 0 aliphatic rings. The molecule has 2 aromatic heterocycles. The Morgan fingerprint density at radius 2 is 1.89 bits per heavy atom. The van der Waals surface area contributed by atoms with E-state index in [1.54, 1.807) is 23.6 Å². The molecule has 3 aromatic carbocycles. The maximum atomic E-state index is 12.9. The molecule has 0 fully saturated rings. The van der Waals surface area contributed by atoms with E-state index in [-0.39, 0.29) is 18.1 Å². The summed E-state index contributed by atoms with van der Waals surface area (Å²) in [4.78, 5) is 32.9. The fraction of sp³-hybridized carbons (Fsp3) is 0.0833. The lowest BCUT2D eigenvalue weighted by Crippen LogP contribution is -2.24. The highest BCUT2D eigenvalue weighted by Gasteiger charge is 2.17. The van der Waals surface area contributed by atoms with E-state index >= 15 is 0 Å². The van der Waals surface area contributed by atoms with Crippen molar-refractivity contribution in [3.05, 3.63) is 85.8 Å². The third-order valence-corrected chi connectivity index (χ3v) is 6.41. The molecule has 174 valence electrons. The summed E-state index contributed by atoms with van der Waals surface area (Å²) in [6.07, 6.45) is 0. The van der Waals surface area contributed by atoms with Crippen molar-refractivity contribution in [1.82, 2.24) is 20.0 Å². The second kappa shape index (κ2) is 9.05. The molecule has 1 N–H and O–H groups in total. The Kier molecular flexibility index (Phi) is 5.91. The molecule has 0 saturated heterocycles. The van der Waals surface area contributed by atoms with Gasteiger partial charge in [-0.3, -0.25) is 14.9 Å². The van der Waals surface area contributed by atoms with Crippen LogP contribution in [0.5, 0.6) is 0 Å². The lowest BCUT2D eigenvalue weighted by molar-refractivity contribution is -0.384. The molecule has 0 spiro atoms. The monoisotopic (exact) mass is 550 g/mol. The molecule has 0 radical (unpaired) electrons. The average Bonchev–Trinajstić information content (AvgIpc) is 3.12. The van der Waals surface area contributed by atoms with E-state index in [2.05, 4.69) is 26.5 Å². The number of non-ortho nitro benzene ring substituents is 1. The van der Waals surface area contributed by atoms with E-state index in [0.29, 0.717) is 37.5 Å². The van der Waals surface area contributed by atoms with Gasteiger partial charge >= 0.3 is 0 Å². The van der Waals surface area contributed by atoms with Crippen molar-refractivity contribution in [2.45, 2.75) is 13.5 Å². The highest BCUT2D eigenvalue weighted by atomic mass is 79.9. The van der Waals surface area contributed by atoms with Crippen molar-refractivity contribution in [2.75, 3.05) is 0 Å². The minimum atomic E-state index is -0.478. The standard InChI is InChI=1S/C24H16BrClN6O3/c1-13(16-8-7-15(32(34)35)11-18(16)25)29-30-22(33)12-31-21-9-6-14(26)10-17(21)23-24(31)28-20-5-3-2-4-19(20)27-23/h2-11H,12H2,1H3,(H,30,33)/b29-13-. The van der Waals surface area contributed by atoms with Gasteiger partial charge < -0.3 is 4.57 Å². The van der Waals surface area contributed by atoms with Crippen molar-refractivity contribution < 1.29 is 9.72 Å². The van der Waals surface area contributed by atoms with Crippen molar-refractivity contribution in [3.63, 3.8) is 0 Å². The molecule has 5 aromatic rings. The van der Waals surface area contributed by atoms with E-state index in [1.165, 1.54) is 12.1 Å². The normalized spacial score (nSPS) is 11.9. The Bertz CT molecular complexity index is 1700. The molecule has 0 aliphatic heterocycles. The second-order valence-corrected chi connectivity index (χ2v) is 9.08. The number of carbonyl (C=O) groups excluding carboxylic acids is 1. The van der Waals surface area contributed by atoms with Gasteiger partial charge in [0.05, 0.1) is 27.2 Å². The van der Waals surface area contributed by atoms with E-state index in [9.17, 15) is 14.9 Å². The number of carbonyl (C=O) groups is 1. The smallest absolute Gasteiger partial charge is 0.270 e.